The Kier molecular flexibility index (Phi) is 25.2. The number of halogens is 1. The Morgan fingerprint density at radius 3 is 2.15 bits per heavy atom. The number of carbonyl (C=O) groups is 5. The first kappa shape index (κ1) is 48.7. The van der Waals surface area contributed by atoms with Gasteiger partial charge in [0.1, 0.15) is 18.1 Å². The maximum atomic E-state index is 12.0. The van der Waals surface area contributed by atoms with Crippen LogP contribution >= 0.6 is 11.6 Å². The number of ether oxygens (including phenoxy) is 3. The van der Waals surface area contributed by atoms with Crippen molar-refractivity contribution in [1.82, 2.24) is 16.0 Å². The summed E-state index contributed by atoms with van der Waals surface area (Å²) in [6, 6.07) is 15.6. The largest absolute Gasteiger partial charge is 0.495 e. The van der Waals surface area contributed by atoms with Crippen LogP contribution < -0.4 is 20.7 Å². The molecule has 13 heteroatoms. The second-order valence-corrected chi connectivity index (χ2v) is 14.0. The van der Waals surface area contributed by atoms with E-state index < -0.39 is 17.5 Å². The SMILES string of the molecule is CNCC(=O)OC(Cc1ccccc1)C(C)CC/C=C/C(=O)NCC(=O)NCC(C)(C)C=O.COC(CC(C)C)C(=O)O.COc1ccc(C)cc1Cl. The average molecular weight is 762 g/mol. The van der Waals surface area contributed by atoms with Gasteiger partial charge in [0.15, 0.2) is 6.10 Å². The van der Waals surface area contributed by atoms with E-state index in [1.807, 2.05) is 76.2 Å². The number of likely N-dealkylation sites (N-methyl/N-ethyl adjacent to an activating group) is 1. The van der Waals surface area contributed by atoms with E-state index in [2.05, 4.69) is 16.0 Å². The Morgan fingerprint density at radius 2 is 1.64 bits per heavy atom. The third kappa shape index (κ3) is 23.8. The van der Waals surface area contributed by atoms with Crippen LogP contribution in [0.25, 0.3) is 0 Å². The van der Waals surface area contributed by atoms with E-state index in [1.165, 1.54) is 13.2 Å². The van der Waals surface area contributed by atoms with Gasteiger partial charge in [0.25, 0.3) is 0 Å². The smallest absolute Gasteiger partial charge is 0.332 e. The highest BCUT2D eigenvalue weighted by atomic mass is 35.5. The van der Waals surface area contributed by atoms with Crippen LogP contribution in [0.3, 0.4) is 0 Å². The number of amides is 2. The lowest BCUT2D eigenvalue weighted by atomic mass is 9.93. The van der Waals surface area contributed by atoms with E-state index >= 15 is 0 Å². The van der Waals surface area contributed by atoms with Crippen molar-refractivity contribution in [2.24, 2.45) is 17.3 Å². The zero-order valence-electron chi connectivity index (χ0n) is 32.7. The number of aldehydes is 1. The monoisotopic (exact) mass is 761 g/mol. The van der Waals surface area contributed by atoms with Crippen molar-refractivity contribution in [1.29, 1.82) is 0 Å². The number of aryl methyl sites for hydroxylation is 1. The molecule has 0 aromatic heterocycles. The standard InChI is InChI=1S/C25H37N3O5.C8H9ClO.C7H14O3/c1-19(21(33-24(32)16-26-4)14-20-11-6-5-7-12-20)10-8-9-13-22(30)27-15-23(31)28-17-25(2,3)18-29;1-6-3-4-8(10-2)7(9)5-6;1-5(2)4-6(10-3)7(8)9/h5-7,9,11-13,18-19,21,26H,8,10,14-17H2,1-4H3,(H,27,30)(H,28,31);3-5H,1-2H3;5-6H,4H2,1-3H3,(H,8,9)/b13-9+;;. The van der Waals surface area contributed by atoms with E-state index in [-0.39, 0.29) is 49.4 Å². The maximum Gasteiger partial charge on any atom is 0.332 e. The second kappa shape index (κ2) is 27.4. The minimum absolute atomic E-state index is 0.0886. The fourth-order valence-electron chi connectivity index (χ4n) is 4.45. The fraction of sp³-hybridized carbons (Fsp3) is 0.525. The number of nitrogens with one attached hydrogen (secondary N) is 3. The van der Waals surface area contributed by atoms with Crippen molar-refractivity contribution in [3.8, 4) is 5.75 Å². The molecule has 0 aliphatic heterocycles. The summed E-state index contributed by atoms with van der Waals surface area (Å²) >= 11 is 5.80. The number of aliphatic carboxylic acids is 1. The molecular weight excluding hydrogens is 702 g/mol. The Labute approximate surface area is 320 Å². The zero-order valence-corrected chi connectivity index (χ0v) is 33.5. The van der Waals surface area contributed by atoms with Gasteiger partial charge in [-0.2, -0.15) is 0 Å². The van der Waals surface area contributed by atoms with Gasteiger partial charge in [-0.3, -0.25) is 14.4 Å². The van der Waals surface area contributed by atoms with Gasteiger partial charge in [-0.25, -0.2) is 4.79 Å². The van der Waals surface area contributed by atoms with Gasteiger partial charge in [0.05, 0.1) is 25.2 Å². The Hall–Kier alpha value is -4.26. The molecule has 0 aliphatic carbocycles. The van der Waals surface area contributed by atoms with E-state index in [4.69, 9.17) is 30.9 Å². The number of esters is 1. The number of rotatable bonds is 20. The molecule has 2 rings (SSSR count). The van der Waals surface area contributed by atoms with Crippen LogP contribution in [-0.2, 0) is 39.9 Å². The molecule has 0 heterocycles. The lowest BCUT2D eigenvalue weighted by molar-refractivity contribution is -0.150. The molecule has 0 fully saturated rings. The molecule has 0 saturated carbocycles. The molecule has 4 N–H and O–H groups in total. The van der Waals surface area contributed by atoms with Crippen LogP contribution in [0.1, 0.15) is 65.0 Å². The molecular formula is C40H60ClN3O9. The number of carboxylic acids is 1. The van der Waals surface area contributed by atoms with Crippen molar-refractivity contribution in [2.45, 2.75) is 79.4 Å². The molecule has 0 radical (unpaired) electrons. The van der Waals surface area contributed by atoms with Crippen LogP contribution in [0.2, 0.25) is 5.02 Å². The van der Waals surface area contributed by atoms with Crippen molar-refractivity contribution in [3.63, 3.8) is 0 Å². The molecule has 3 atom stereocenters. The molecule has 3 unspecified atom stereocenters. The van der Waals surface area contributed by atoms with Gasteiger partial charge in [0.2, 0.25) is 11.8 Å². The molecule has 0 bridgehead atoms. The molecule has 53 heavy (non-hydrogen) atoms. The quantitative estimate of drug-likeness (QED) is 0.0760. The number of hydrogen-bond acceptors (Lipinski definition) is 9. The molecule has 12 nitrogen and oxygen atoms in total. The third-order valence-corrected chi connectivity index (χ3v) is 7.91. The summed E-state index contributed by atoms with van der Waals surface area (Å²) in [5, 5.41) is 17.1. The summed E-state index contributed by atoms with van der Waals surface area (Å²) < 4.78 is 15.4. The van der Waals surface area contributed by atoms with Gasteiger partial charge in [-0.05, 0) is 74.4 Å². The molecule has 0 aliphatic rings. The first-order valence-electron chi connectivity index (χ1n) is 17.6. The van der Waals surface area contributed by atoms with Crippen molar-refractivity contribution in [2.75, 3.05) is 40.9 Å². The highest BCUT2D eigenvalue weighted by Crippen LogP contribution is 2.24. The number of carbonyl (C=O) groups excluding carboxylic acids is 4. The van der Waals surface area contributed by atoms with E-state index in [1.54, 1.807) is 34.1 Å². The lowest BCUT2D eigenvalue weighted by Crippen LogP contribution is -2.40. The highest BCUT2D eigenvalue weighted by molar-refractivity contribution is 6.32. The number of hydrogen-bond donors (Lipinski definition) is 4. The maximum absolute atomic E-state index is 12.0. The van der Waals surface area contributed by atoms with Crippen molar-refractivity contribution >= 4 is 41.6 Å². The molecule has 2 amide bonds. The summed E-state index contributed by atoms with van der Waals surface area (Å²) in [5.41, 5.74) is 1.60. The van der Waals surface area contributed by atoms with Gasteiger partial charge >= 0.3 is 11.9 Å². The van der Waals surface area contributed by atoms with Crippen LogP contribution in [0.5, 0.6) is 5.75 Å². The van der Waals surface area contributed by atoms with E-state index in [9.17, 15) is 24.0 Å². The second-order valence-electron chi connectivity index (χ2n) is 13.6. The highest BCUT2D eigenvalue weighted by Gasteiger charge is 2.22. The molecule has 2 aromatic rings. The Balaban J connectivity index is 0.00000109. The average Bonchev–Trinajstić information content (AvgIpc) is 3.11. The number of benzene rings is 2. The first-order chi connectivity index (χ1) is 25.0. The summed E-state index contributed by atoms with van der Waals surface area (Å²) in [6.07, 6.45) is 5.57. The molecule has 2 aromatic carbocycles. The minimum Gasteiger partial charge on any atom is -0.495 e. The van der Waals surface area contributed by atoms with Gasteiger partial charge in [-0.15, -0.1) is 0 Å². The first-order valence-corrected chi connectivity index (χ1v) is 18.0. The van der Waals surface area contributed by atoms with Crippen LogP contribution in [0.15, 0.2) is 60.7 Å². The number of allylic oxidation sites excluding steroid dienone is 1. The normalized spacial score (nSPS) is 12.6. The minimum atomic E-state index is -0.879. The van der Waals surface area contributed by atoms with Crippen LogP contribution in [0.4, 0.5) is 0 Å². The van der Waals surface area contributed by atoms with Crippen molar-refractivity contribution in [3.05, 3.63) is 76.8 Å². The summed E-state index contributed by atoms with van der Waals surface area (Å²) in [4.78, 5) is 56.9. The summed E-state index contributed by atoms with van der Waals surface area (Å²) in [5.74, 6) is -0.716. The lowest BCUT2D eigenvalue weighted by Gasteiger charge is -2.24. The fourth-order valence-corrected chi connectivity index (χ4v) is 4.76. The number of carboxylic acid groups (broad SMARTS) is 1. The molecule has 0 spiro atoms. The van der Waals surface area contributed by atoms with Gasteiger partial charge in [-0.1, -0.05) is 88.7 Å². The van der Waals surface area contributed by atoms with Gasteiger partial charge < -0.3 is 40.1 Å². The zero-order chi connectivity index (χ0) is 40.4. The Bertz CT molecular complexity index is 1420. The summed E-state index contributed by atoms with van der Waals surface area (Å²) in [6.45, 7) is 11.6. The summed E-state index contributed by atoms with van der Waals surface area (Å²) in [7, 11) is 4.72. The third-order valence-electron chi connectivity index (χ3n) is 7.61. The van der Waals surface area contributed by atoms with E-state index in [0.29, 0.717) is 30.2 Å². The molecule has 0 saturated heterocycles. The van der Waals surface area contributed by atoms with Crippen LogP contribution in [-0.4, -0.2) is 88.3 Å². The number of methoxy groups -OCH3 is 2. The molecule has 296 valence electrons. The Morgan fingerprint density at radius 1 is 0.981 bits per heavy atom. The van der Waals surface area contributed by atoms with E-state index in [0.717, 1.165) is 29.6 Å². The predicted octanol–water partition coefficient (Wildman–Crippen LogP) is 5.58. The van der Waals surface area contributed by atoms with Crippen LogP contribution in [0, 0.1) is 24.2 Å². The topological polar surface area (TPSA) is 169 Å². The van der Waals surface area contributed by atoms with Crippen molar-refractivity contribution < 1.29 is 43.3 Å². The van der Waals surface area contributed by atoms with Gasteiger partial charge in [0, 0.05) is 25.5 Å². The predicted molar refractivity (Wildman–Crippen MR) is 208 cm³/mol.